The predicted molar refractivity (Wildman–Crippen MR) is 59.0 cm³/mol. The number of hydrogen-bond donors (Lipinski definition) is 0. The second kappa shape index (κ2) is 5.26. The number of halogens is 3. The number of rotatable bonds is 4. The molecule has 0 aliphatic carbocycles. The van der Waals surface area contributed by atoms with Crippen LogP contribution in [0.4, 0.5) is 8.78 Å². The third-order valence-corrected chi connectivity index (χ3v) is 2.32. The molecule has 1 nitrogen and oxygen atoms in total. The zero-order valence-corrected chi connectivity index (χ0v) is 9.72. The molecule has 81 valence electrons. The lowest BCUT2D eigenvalue weighted by Crippen LogP contribution is -2.02. The Kier molecular flexibility index (Phi) is 4.27. The largest absolute Gasteiger partial charge is 0.435 e. The molecule has 1 radical (unpaired) electrons. The summed E-state index contributed by atoms with van der Waals surface area (Å²) in [5, 5.41) is 0. The van der Waals surface area contributed by atoms with Crippen molar-refractivity contribution < 1.29 is 13.5 Å². The van der Waals surface area contributed by atoms with Gasteiger partial charge in [0.15, 0.2) is 0 Å². The first-order chi connectivity index (χ1) is 7.02. The second-order valence-corrected chi connectivity index (χ2v) is 3.86. The van der Waals surface area contributed by atoms with Crippen molar-refractivity contribution in [2.45, 2.75) is 13.5 Å². The van der Waals surface area contributed by atoms with Crippen molar-refractivity contribution in [1.29, 1.82) is 0 Å². The SMILES string of the molecule is C=C[C](C)c1cc(Br)cc(OC(F)F)c1. The van der Waals surface area contributed by atoms with E-state index in [0.717, 1.165) is 11.5 Å². The van der Waals surface area contributed by atoms with Crippen LogP contribution in [0.15, 0.2) is 35.3 Å². The molecule has 0 amide bonds. The predicted octanol–water partition coefficient (Wildman–Crippen LogP) is 4.18. The number of benzene rings is 1. The molecule has 0 unspecified atom stereocenters. The van der Waals surface area contributed by atoms with Gasteiger partial charge in [0.05, 0.1) is 0 Å². The third kappa shape index (κ3) is 3.63. The van der Waals surface area contributed by atoms with E-state index in [1.165, 1.54) is 6.07 Å². The minimum atomic E-state index is -2.81. The van der Waals surface area contributed by atoms with Crippen molar-refractivity contribution in [2.24, 2.45) is 0 Å². The molecule has 4 heteroatoms. The van der Waals surface area contributed by atoms with Gasteiger partial charge < -0.3 is 4.74 Å². The molecule has 0 aliphatic rings. The maximum absolute atomic E-state index is 12.0. The quantitative estimate of drug-likeness (QED) is 0.801. The average Bonchev–Trinajstić information content (AvgIpc) is 2.14. The smallest absolute Gasteiger partial charge is 0.387 e. The van der Waals surface area contributed by atoms with Crippen LogP contribution in [0.1, 0.15) is 12.5 Å². The van der Waals surface area contributed by atoms with Gasteiger partial charge in [0.25, 0.3) is 0 Å². The van der Waals surface area contributed by atoms with Crippen LogP contribution in [-0.4, -0.2) is 6.61 Å². The highest BCUT2D eigenvalue weighted by atomic mass is 79.9. The van der Waals surface area contributed by atoms with Crippen molar-refractivity contribution in [1.82, 2.24) is 0 Å². The fraction of sp³-hybridized carbons (Fsp3) is 0.182. The van der Waals surface area contributed by atoms with E-state index in [4.69, 9.17) is 0 Å². The lowest BCUT2D eigenvalue weighted by molar-refractivity contribution is -0.0499. The summed E-state index contributed by atoms with van der Waals surface area (Å²) in [5.41, 5.74) is 0.801. The third-order valence-electron chi connectivity index (χ3n) is 1.86. The number of ether oxygens (including phenoxy) is 1. The maximum Gasteiger partial charge on any atom is 0.387 e. The molecule has 0 spiro atoms. The van der Waals surface area contributed by atoms with Gasteiger partial charge in [0.2, 0.25) is 0 Å². The summed E-state index contributed by atoms with van der Waals surface area (Å²) in [6, 6.07) is 4.86. The number of hydrogen-bond acceptors (Lipinski definition) is 1. The van der Waals surface area contributed by atoms with Crippen molar-refractivity contribution in [3.63, 3.8) is 0 Å². The molecular weight excluding hydrogens is 266 g/mol. The van der Waals surface area contributed by atoms with Crippen LogP contribution in [-0.2, 0) is 0 Å². The molecule has 0 aromatic heterocycles. The second-order valence-electron chi connectivity index (χ2n) is 2.94. The Morgan fingerprint density at radius 3 is 2.67 bits per heavy atom. The topological polar surface area (TPSA) is 9.23 Å². The van der Waals surface area contributed by atoms with E-state index < -0.39 is 6.61 Å². The van der Waals surface area contributed by atoms with Crippen molar-refractivity contribution in [2.75, 3.05) is 0 Å². The lowest BCUT2D eigenvalue weighted by atomic mass is 10.0. The molecule has 0 bridgehead atoms. The van der Waals surface area contributed by atoms with Crippen LogP contribution in [0.5, 0.6) is 5.75 Å². The summed E-state index contributed by atoms with van der Waals surface area (Å²) in [6.07, 6.45) is 1.66. The van der Waals surface area contributed by atoms with Crippen LogP contribution >= 0.6 is 15.9 Å². The lowest BCUT2D eigenvalue weighted by Gasteiger charge is -2.10. The Bertz CT molecular complexity index is 352. The van der Waals surface area contributed by atoms with Gasteiger partial charge in [-0.15, -0.1) is 6.58 Å². The maximum atomic E-state index is 12.0. The molecule has 0 N–H and O–H groups in total. The van der Waals surface area contributed by atoms with E-state index in [9.17, 15) is 8.78 Å². The van der Waals surface area contributed by atoms with Crippen LogP contribution in [0, 0.1) is 5.92 Å². The number of allylic oxidation sites excluding steroid dienone is 1. The molecule has 1 aromatic carbocycles. The minimum absolute atomic E-state index is 0.135. The summed E-state index contributed by atoms with van der Waals surface area (Å²) in [6.45, 7) is 2.66. The molecule has 1 aromatic rings. The Morgan fingerprint density at radius 2 is 2.13 bits per heavy atom. The summed E-state index contributed by atoms with van der Waals surface area (Å²) in [4.78, 5) is 0. The van der Waals surface area contributed by atoms with Crippen molar-refractivity contribution in [3.8, 4) is 5.75 Å². The van der Waals surface area contributed by atoms with E-state index in [1.807, 2.05) is 13.0 Å². The minimum Gasteiger partial charge on any atom is -0.435 e. The Balaban J connectivity index is 2.99. The summed E-state index contributed by atoms with van der Waals surface area (Å²) < 4.78 is 29.0. The number of alkyl halides is 2. The molecule has 1 rings (SSSR count). The highest BCUT2D eigenvalue weighted by Crippen LogP contribution is 2.27. The zero-order chi connectivity index (χ0) is 11.4. The molecule has 0 aliphatic heterocycles. The zero-order valence-electron chi connectivity index (χ0n) is 8.14. The molecule has 0 atom stereocenters. The van der Waals surface area contributed by atoms with E-state index in [-0.39, 0.29) is 5.75 Å². The van der Waals surface area contributed by atoms with Crippen molar-refractivity contribution in [3.05, 3.63) is 46.8 Å². The molecule has 15 heavy (non-hydrogen) atoms. The van der Waals surface area contributed by atoms with Crippen LogP contribution in [0.2, 0.25) is 0 Å². The van der Waals surface area contributed by atoms with Gasteiger partial charge in [-0.1, -0.05) is 28.9 Å². The van der Waals surface area contributed by atoms with Gasteiger partial charge >= 0.3 is 6.61 Å². The Labute approximate surface area is 95.9 Å². The normalized spacial score (nSPS) is 10.8. The highest BCUT2D eigenvalue weighted by molar-refractivity contribution is 9.10. The van der Waals surface area contributed by atoms with E-state index in [1.54, 1.807) is 12.1 Å². The van der Waals surface area contributed by atoms with Gasteiger partial charge in [0, 0.05) is 10.4 Å². The van der Waals surface area contributed by atoms with Gasteiger partial charge in [0.1, 0.15) is 5.75 Å². The fourth-order valence-corrected chi connectivity index (χ4v) is 1.55. The average molecular weight is 276 g/mol. The highest BCUT2D eigenvalue weighted by Gasteiger charge is 2.09. The van der Waals surface area contributed by atoms with Crippen molar-refractivity contribution >= 4 is 15.9 Å². The summed E-state index contributed by atoms with van der Waals surface area (Å²) >= 11 is 3.23. The Morgan fingerprint density at radius 1 is 1.47 bits per heavy atom. The van der Waals surface area contributed by atoms with E-state index >= 15 is 0 Å². The molecule has 0 heterocycles. The molecule has 0 saturated carbocycles. The molecular formula is C11H10BrF2O. The van der Waals surface area contributed by atoms with Gasteiger partial charge in [-0.3, -0.25) is 0 Å². The molecule has 0 saturated heterocycles. The first-order valence-electron chi connectivity index (χ1n) is 4.24. The first kappa shape index (κ1) is 12.2. The van der Waals surface area contributed by atoms with E-state index in [0.29, 0.717) is 4.47 Å². The van der Waals surface area contributed by atoms with Gasteiger partial charge in [-0.2, -0.15) is 8.78 Å². The Hall–Kier alpha value is -0.900. The van der Waals surface area contributed by atoms with Crippen LogP contribution < -0.4 is 4.74 Å². The summed E-state index contributed by atoms with van der Waals surface area (Å²) in [5.74, 6) is 1.03. The van der Waals surface area contributed by atoms with Crippen LogP contribution in [0.3, 0.4) is 0 Å². The van der Waals surface area contributed by atoms with Gasteiger partial charge in [-0.25, -0.2) is 0 Å². The van der Waals surface area contributed by atoms with Gasteiger partial charge in [-0.05, 0) is 23.8 Å². The summed E-state index contributed by atoms with van der Waals surface area (Å²) in [7, 11) is 0. The standard InChI is InChI=1S/C11H10BrF2O/c1-3-7(2)8-4-9(12)6-10(5-8)15-11(13)14/h3-6,11H,1H2,2H3. The monoisotopic (exact) mass is 275 g/mol. The van der Waals surface area contributed by atoms with E-state index in [2.05, 4.69) is 27.2 Å². The first-order valence-corrected chi connectivity index (χ1v) is 5.04. The fourth-order valence-electron chi connectivity index (χ4n) is 1.08. The van der Waals surface area contributed by atoms with Crippen LogP contribution in [0.25, 0.3) is 0 Å². The molecule has 0 fully saturated rings.